The molecule has 1 aromatic carbocycles. The second-order valence-electron chi connectivity index (χ2n) is 6.45. The van der Waals surface area contributed by atoms with Gasteiger partial charge in [-0.1, -0.05) is 0 Å². The first kappa shape index (κ1) is 18.0. The number of carbonyl (C=O) groups is 1. The largest absolute Gasteiger partial charge is 0.356 e. The summed E-state index contributed by atoms with van der Waals surface area (Å²) in [5, 5.41) is 6.60. The average Bonchev–Trinajstić information content (AvgIpc) is 3.25. The molecule has 0 radical (unpaired) electrons. The summed E-state index contributed by atoms with van der Waals surface area (Å²) in [6, 6.07) is 4.90. The highest BCUT2D eigenvalue weighted by molar-refractivity contribution is 5.92. The summed E-state index contributed by atoms with van der Waals surface area (Å²) in [5.41, 5.74) is -0.0119. The fourth-order valence-corrected chi connectivity index (χ4v) is 3.16. The van der Waals surface area contributed by atoms with Crippen molar-refractivity contribution < 1.29 is 13.6 Å². The van der Waals surface area contributed by atoms with E-state index in [0.717, 1.165) is 18.0 Å². The number of piperidine rings is 1. The predicted octanol–water partition coefficient (Wildman–Crippen LogP) is 2.19. The topological polar surface area (TPSA) is 88.8 Å². The van der Waals surface area contributed by atoms with Gasteiger partial charge in [0.05, 0.1) is 5.69 Å². The molecule has 0 spiro atoms. The first-order chi connectivity index (χ1) is 13.6. The first-order valence-corrected chi connectivity index (χ1v) is 8.78. The molecular weight excluding hydrogens is 368 g/mol. The van der Waals surface area contributed by atoms with E-state index in [2.05, 4.69) is 30.3 Å². The van der Waals surface area contributed by atoms with Gasteiger partial charge in [-0.05, 0) is 25.0 Å². The minimum Gasteiger partial charge on any atom is -0.356 e. The van der Waals surface area contributed by atoms with E-state index in [-0.39, 0.29) is 17.5 Å². The van der Waals surface area contributed by atoms with Crippen LogP contribution in [0.1, 0.15) is 12.8 Å². The Bertz CT molecular complexity index is 972. The smallest absolute Gasteiger partial charge is 0.227 e. The quantitative estimate of drug-likeness (QED) is 0.741. The molecule has 0 unspecified atom stereocenters. The number of halogens is 2. The van der Waals surface area contributed by atoms with Gasteiger partial charge < -0.3 is 10.2 Å². The Balaban J connectivity index is 1.38. The third kappa shape index (κ3) is 3.80. The fraction of sp³-hybridized carbons (Fsp3) is 0.278. The lowest BCUT2D eigenvalue weighted by atomic mass is 9.95. The van der Waals surface area contributed by atoms with Crippen molar-refractivity contribution >= 4 is 17.4 Å². The Morgan fingerprint density at radius 1 is 1.07 bits per heavy atom. The number of aromatic nitrogens is 5. The minimum absolute atomic E-state index is 0.0119. The highest BCUT2D eigenvalue weighted by Crippen LogP contribution is 2.24. The number of nitrogens with zero attached hydrogens (tertiary/aromatic N) is 6. The van der Waals surface area contributed by atoms with Crippen molar-refractivity contribution in [3.05, 3.63) is 54.9 Å². The molecule has 1 amide bonds. The van der Waals surface area contributed by atoms with Crippen LogP contribution in [0.4, 0.5) is 20.3 Å². The van der Waals surface area contributed by atoms with Crippen molar-refractivity contribution in [1.29, 1.82) is 0 Å². The zero-order valence-corrected chi connectivity index (χ0v) is 14.8. The van der Waals surface area contributed by atoms with Crippen LogP contribution in [0.2, 0.25) is 0 Å². The number of nitrogens with one attached hydrogen (secondary N) is 1. The zero-order chi connectivity index (χ0) is 19.5. The van der Waals surface area contributed by atoms with Crippen LogP contribution in [0.5, 0.6) is 0 Å². The molecule has 1 saturated heterocycles. The molecule has 0 atom stereocenters. The fourth-order valence-electron chi connectivity index (χ4n) is 3.16. The minimum atomic E-state index is -0.785. The lowest BCUT2D eigenvalue weighted by Crippen LogP contribution is -2.38. The SMILES string of the molecule is O=C(Nc1ccc(F)cc1F)C1CCN(c2cc(-n3cncn3)ncn2)CC1. The molecule has 3 heterocycles. The highest BCUT2D eigenvalue weighted by Gasteiger charge is 2.26. The average molecular weight is 385 g/mol. The molecular formula is C18H17F2N7O. The van der Waals surface area contributed by atoms with Gasteiger partial charge in [-0.3, -0.25) is 4.79 Å². The number of carbonyl (C=O) groups excluding carboxylic acids is 1. The van der Waals surface area contributed by atoms with Crippen LogP contribution < -0.4 is 10.2 Å². The van der Waals surface area contributed by atoms with Gasteiger partial charge >= 0.3 is 0 Å². The number of hydrogen-bond donors (Lipinski definition) is 1. The third-order valence-corrected chi connectivity index (χ3v) is 4.67. The van der Waals surface area contributed by atoms with Crippen LogP contribution in [0.3, 0.4) is 0 Å². The standard InChI is InChI=1S/C18H17F2N7O/c19-13-1-2-15(14(20)7-13)25-18(28)12-3-5-26(6-4-12)16-8-17(23-10-22-16)27-11-21-9-24-27/h1-2,7-12H,3-6H2,(H,25,28). The molecule has 1 aliphatic heterocycles. The van der Waals surface area contributed by atoms with E-state index in [1.807, 2.05) is 6.07 Å². The van der Waals surface area contributed by atoms with Crippen LogP contribution in [0.15, 0.2) is 43.2 Å². The van der Waals surface area contributed by atoms with E-state index >= 15 is 0 Å². The maximum atomic E-state index is 13.7. The Morgan fingerprint density at radius 2 is 1.86 bits per heavy atom. The summed E-state index contributed by atoms with van der Waals surface area (Å²) in [6.45, 7) is 1.25. The Hall–Kier alpha value is -3.43. The molecule has 0 saturated carbocycles. The summed E-state index contributed by atoms with van der Waals surface area (Å²) in [7, 11) is 0. The molecule has 10 heteroatoms. The van der Waals surface area contributed by atoms with Crippen LogP contribution in [0, 0.1) is 17.6 Å². The monoisotopic (exact) mass is 385 g/mol. The van der Waals surface area contributed by atoms with E-state index in [1.54, 1.807) is 11.0 Å². The van der Waals surface area contributed by atoms with Crippen molar-refractivity contribution in [3.8, 4) is 5.82 Å². The van der Waals surface area contributed by atoms with E-state index in [9.17, 15) is 13.6 Å². The maximum absolute atomic E-state index is 13.7. The highest BCUT2D eigenvalue weighted by atomic mass is 19.1. The van der Waals surface area contributed by atoms with Gasteiger partial charge in [-0.15, -0.1) is 0 Å². The van der Waals surface area contributed by atoms with Gasteiger partial charge in [-0.25, -0.2) is 28.4 Å². The van der Waals surface area contributed by atoms with Gasteiger partial charge in [0.2, 0.25) is 5.91 Å². The van der Waals surface area contributed by atoms with Crippen molar-refractivity contribution in [3.63, 3.8) is 0 Å². The lowest BCUT2D eigenvalue weighted by Gasteiger charge is -2.32. The lowest BCUT2D eigenvalue weighted by molar-refractivity contribution is -0.120. The van der Waals surface area contributed by atoms with Crippen molar-refractivity contribution in [2.24, 2.45) is 5.92 Å². The first-order valence-electron chi connectivity index (χ1n) is 8.78. The van der Waals surface area contributed by atoms with Crippen molar-refractivity contribution in [2.45, 2.75) is 12.8 Å². The zero-order valence-electron chi connectivity index (χ0n) is 14.8. The molecule has 2 aromatic heterocycles. The molecule has 144 valence electrons. The van der Waals surface area contributed by atoms with Gasteiger partial charge in [0, 0.05) is 31.1 Å². The second kappa shape index (κ2) is 7.67. The van der Waals surface area contributed by atoms with Gasteiger partial charge in [0.15, 0.2) is 5.82 Å². The number of amides is 1. The number of anilines is 2. The van der Waals surface area contributed by atoms with Crippen LogP contribution >= 0.6 is 0 Å². The summed E-state index contributed by atoms with van der Waals surface area (Å²) < 4.78 is 28.3. The predicted molar refractivity (Wildman–Crippen MR) is 96.9 cm³/mol. The Labute approximate surface area is 159 Å². The Kier molecular flexibility index (Phi) is 4.92. The third-order valence-electron chi connectivity index (χ3n) is 4.67. The summed E-state index contributed by atoms with van der Waals surface area (Å²) >= 11 is 0. The van der Waals surface area contributed by atoms with Gasteiger partial charge in [0.1, 0.15) is 36.4 Å². The van der Waals surface area contributed by atoms with Crippen LogP contribution in [-0.2, 0) is 4.79 Å². The number of rotatable bonds is 4. The molecule has 1 N–H and O–H groups in total. The van der Waals surface area contributed by atoms with E-state index < -0.39 is 11.6 Å². The van der Waals surface area contributed by atoms with Crippen LogP contribution in [-0.4, -0.2) is 43.7 Å². The molecule has 8 nitrogen and oxygen atoms in total. The molecule has 4 rings (SSSR count). The second-order valence-corrected chi connectivity index (χ2v) is 6.45. The molecule has 3 aromatic rings. The van der Waals surface area contributed by atoms with Gasteiger partial charge in [-0.2, -0.15) is 5.10 Å². The molecule has 28 heavy (non-hydrogen) atoms. The molecule has 1 fully saturated rings. The van der Waals surface area contributed by atoms with Gasteiger partial charge in [0.25, 0.3) is 0 Å². The van der Waals surface area contributed by atoms with Crippen molar-refractivity contribution in [2.75, 3.05) is 23.3 Å². The summed E-state index contributed by atoms with van der Waals surface area (Å²) in [5.74, 6) is -0.641. The Morgan fingerprint density at radius 3 is 2.57 bits per heavy atom. The van der Waals surface area contributed by atoms with Crippen molar-refractivity contribution in [1.82, 2.24) is 24.7 Å². The maximum Gasteiger partial charge on any atom is 0.227 e. The normalized spacial score (nSPS) is 14.9. The summed E-state index contributed by atoms with van der Waals surface area (Å²) in [6.07, 6.45) is 5.63. The van der Waals surface area contributed by atoms with E-state index in [1.165, 1.54) is 18.7 Å². The van der Waals surface area contributed by atoms with E-state index in [0.29, 0.717) is 31.7 Å². The number of benzene rings is 1. The number of hydrogen-bond acceptors (Lipinski definition) is 6. The molecule has 1 aliphatic rings. The van der Waals surface area contributed by atoms with E-state index in [4.69, 9.17) is 0 Å². The summed E-state index contributed by atoms with van der Waals surface area (Å²) in [4.78, 5) is 26.9. The molecule has 0 bridgehead atoms. The van der Waals surface area contributed by atoms with Crippen LogP contribution in [0.25, 0.3) is 5.82 Å². The molecule has 0 aliphatic carbocycles.